The average molecular weight is 365 g/mol. The molecule has 0 atom stereocenters. The van der Waals surface area contributed by atoms with Crippen molar-refractivity contribution in [3.8, 4) is 5.75 Å². The first-order chi connectivity index (χ1) is 13.0. The van der Waals surface area contributed by atoms with Crippen LogP contribution in [-0.2, 0) is 6.61 Å². The maximum Gasteiger partial charge on any atom is 0.357 e. The van der Waals surface area contributed by atoms with E-state index < -0.39 is 21.9 Å². The molecule has 27 heavy (non-hydrogen) atoms. The summed E-state index contributed by atoms with van der Waals surface area (Å²) in [6.45, 7) is 0.441. The largest absolute Gasteiger partial charge is 0.489 e. The van der Waals surface area contributed by atoms with E-state index in [-0.39, 0.29) is 5.69 Å². The Bertz CT molecular complexity index is 1080. The zero-order valence-electron chi connectivity index (χ0n) is 14.0. The summed E-state index contributed by atoms with van der Waals surface area (Å²) in [6.07, 6.45) is 2.87. The minimum Gasteiger partial charge on any atom is -0.489 e. The Morgan fingerprint density at radius 3 is 2.33 bits per heavy atom. The molecule has 3 rings (SSSR count). The standard InChI is InChI=1S/C19H15N3O5/c23-18-17(22(25)26)16(20-19(24)21-18)11-8-13-6-9-15(10-7-13)27-12-14-4-2-1-3-5-14/h1-11H,12H2,(H2,20,21,23,24)/b11-8-. The molecule has 0 aliphatic heterocycles. The molecule has 8 nitrogen and oxygen atoms in total. The Morgan fingerprint density at radius 2 is 1.67 bits per heavy atom. The number of nitrogens with zero attached hydrogens (tertiary/aromatic N) is 1. The zero-order valence-corrected chi connectivity index (χ0v) is 14.0. The quantitative estimate of drug-likeness (QED) is 0.514. The Hall–Kier alpha value is -3.94. The second-order valence-electron chi connectivity index (χ2n) is 5.60. The molecule has 0 fully saturated rings. The number of aromatic nitrogens is 2. The highest BCUT2D eigenvalue weighted by Gasteiger charge is 2.18. The van der Waals surface area contributed by atoms with Crippen molar-refractivity contribution in [3.05, 3.63) is 102 Å². The van der Waals surface area contributed by atoms with E-state index in [1.54, 1.807) is 30.3 Å². The van der Waals surface area contributed by atoms with Crippen molar-refractivity contribution in [1.82, 2.24) is 9.97 Å². The van der Waals surface area contributed by atoms with Crippen LogP contribution >= 0.6 is 0 Å². The Balaban J connectivity index is 1.74. The lowest BCUT2D eigenvalue weighted by atomic mass is 10.2. The molecule has 3 aromatic rings. The smallest absolute Gasteiger partial charge is 0.357 e. The Kier molecular flexibility index (Phi) is 5.27. The number of aromatic amines is 2. The van der Waals surface area contributed by atoms with Crippen molar-refractivity contribution < 1.29 is 9.66 Å². The third-order valence-corrected chi connectivity index (χ3v) is 3.70. The molecule has 0 bridgehead atoms. The summed E-state index contributed by atoms with van der Waals surface area (Å²) < 4.78 is 5.69. The molecule has 2 N–H and O–H groups in total. The maximum absolute atomic E-state index is 11.6. The van der Waals surface area contributed by atoms with Gasteiger partial charge in [-0.2, -0.15) is 0 Å². The molecule has 2 aromatic carbocycles. The number of nitro groups is 1. The summed E-state index contributed by atoms with van der Waals surface area (Å²) in [5.74, 6) is 0.673. The number of rotatable bonds is 6. The predicted octanol–water partition coefficient (Wildman–Crippen LogP) is 2.72. The number of ether oxygens (including phenoxy) is 1. The van der Waals surface area contributed by atoms with E-state index in [0.717, 1.165) is 11.1 Å². The molecule has 0 aliphatic rings. The van der Waals surface area contributed by atoms with Crippen LogP contribution < -0.4 is 16.0 Å². The van der Waals surface area contributed by atoms with Gasteiger partial charge in [0.1, 0.15) is 18.1 Å². The summed E-state index contributed by atoms with van der Waals surface area (Å²) in [7, 11) is 0. The fraction of sp³-hybridized carbons (Fsp3) is 0.0526. The van der Waals surface area contributed by atoms with Gasteiger partial charge in [-0.15, -0.1) is 0 Å². The number of hydrogen-bond acceptors (Lipinski definition) is 5. The summed E-state index contributed by atoms with van der Waals surface area (Å²) >= 11 is 0. The predicted molar refractivity (Wildman–Crippen MR) is 100 cm³/mol. The number of hydrogen-bond donors (Lipinski definition) is 2. The molecular weight excluding hydrogens is 350 g/mol. The summed E-state index contributed by atoms with van der Waals surface area (Å²) in [5, 5.41) is 11.0. The molecule has 0 saturated carbocycles. The number of benzene rings is 2. The Morgan fingerprint density at radius 1 is 0.963 bits per heavy atom. The SMILES string of the molecule is O=c1[nH]c(/C=C\c2ccc(OCc3ccccc3)cc2)c([N+](=O)[O-])c(=O)[nH]1. The van der Waals surface area contributed by atoms with Gasteiger partial charge in [0.05, 0.1) is 4.92 Å². The molecule has 0 unspecified atom stereocenters. The molecule has 8 heteroatoms. The first kappa shape index (κ1) is 17.9. The van der Waals surface area contributed by atoms with Gasteiger partial charge in [0.15, 0.2) is 0 Å². The van der Waals surface area contributed by atoms with E-state index in [9.17, 15) is 19.7 Å². The van der Waals surface area contributed by atoms with Crippen molar-refractivity contribution in [3.63, 3.8) is 0 Å². The van der Waals surface area contributed by atoms with E-state index in [2.05, 4.69) is 4.98 Å². The fourth-order valence-corrected chi connectivity index (χ4v) is 2.39. The maximum atomic E-state index is 11.6. The van der Waals surface area contributed by atoms with E-state index in [1.165, 1.54) is 6.08 Å². The Labute approximate surface area is 152 Å². The molecule has 0 saturated heterocycles. The normalized spacial score (nSPS) is 10.8. The first-order valence-corrected chi connectivity index (χ1v) is 7.99. The van der Waals surface area contributed by atoms with Gasteiger partial charge >= 0.3 is 16.9 Å². The van der Waals surface area contributed by atoms with Crippen molar-refractivity contribution in [2.75, 3.05) is 0 Å². The van der Waals surface area contributed by atoms with Crippen LogP contribution in [0.2, 0.25) is 0 Å². The van der Waals surface area contributed by atoms with Crippen LogP contribution in [0, 0.1) is 10.1 Å². The molecule has 0 radical (unpaired) electrons. The van der Waals surface area contributed by atoms with Crippen LogP contribution in [0.5, 0.6) is 5.75 Å². The van der Waals surface area contributed by atoms with Gasteiger partial charge in [0, 0.05) is 0 Å². The summed E-state index contributed by atoms with van der Waals surface area (Å²) in [6, 6.07) is 16.8. The van der Waals surface area contributed by atoms with Crippen molar-refractivity contribution in [1.29, 1.82) is 0 Å². The first-order valence-electron chi connectivity index (χ1n) is 7.99. The zero-order chi connectivity index (χ0) is 19.2. The van der Waals surface area contributed by atoms with Gasteiger partial charge in [-0.25, -0.2) is 4.79 Å². The summed E-state index contributed by atoms with van der Waals surface area (Å²) in [5.41, 5.74) is -0.973. The van der Waals surface area contributed by atoms with Crippen LogP contribution in [0.15, 0.2) is 64.2 Å². The second kappa shape index (κ2) is 7.96. The van der Waals surface area contributed by atoms with Gasteiger partial charge in [0.2, 0.25) is 0 Å². The van der Waals surface area contributed by atoms with Gasteiger partial charge in [0.25, 0.3) is 0 Å². The lowest BCUT2D eigenvalue weighted by Crippen LogP contribution is -2.25. The average Bonchev–Trinajstić information content (AvgIpc) is 2.65. The van der Waals surface area contributed by atoms with E-state index in [1.807, 2.05) is 35.3 Å². The van der Waals surface area contributed by atoms with Gasteiger partial charge in [-0.3, -0.25) is 19.9 Å². The van der Waals surface area contributed by atoms with Crippen molar-refractivity contribution >= 4 is 17.8 Å². The lowest BCUT2D eigenvalue weighted by molar-refractivity contribution is -0.386. The fourth-order valence-electron chi connectivity index (χ4n) is 2.39. The van der Waals surface area contributed by atoms with Crippen LogP contribution in [0.25, 0.3) is 12.2 Å². The minimum atomic E-state index is -1.05. The third kappa shape index (κ3) is 4.57. The highest BCUT2D eigenvalue weighted by atomic mass is 16.6. The van der Waals surface area contributed by atoms with Crippen LogP contribution in [0.3, 0.4) is 0 Å². The van der Waals surface area contributed by atoms with Gasteiger partial charge in [-0.1, -0.05) is 48.5 Å². The number of nitrogens with one attached hydrogen (secondary N) is 2. The van der Waals surface area contributed by atoms with Crippen molar-refractivity contribution in [2.24, 2.45) is 0 Å². The number of H-pyrrole nitrogens is 2. The molecular formula is C19H15N3O5. The van der Waals surface area contributed by atoms with Crippen LogP contribution in [0.4, 0.5) is 5.69 Å². The molecule has 1 aromatic heterocycles. The van der Waals surface area contributed by atoms with Gasteiger partial charge in [-0.05, 0) is 29.3 Å². The van der Waals surface area contributed by atoms with E-state index in [0.29, 0.717) is 12.4 Å². The van der Waals surface area contributed by atoms with Crippen LogP contribution in [-0.4, -0.2) is 14.9 Å². The molecule has 0 amide bonds. The summed E-state index contributed by atoms with van der Waals surface area (Å²) in [4.78, 5) is 37.2. The minimum absolute atomic E-state index is 0.168. The molecule has 0 aliphatic carbocycles. The van der Waals surface area contributed by atoms with Crippen LogP contribution in [0.1, 0.15) is 16.8 Å². The topological polar surface area (TPSA) is 118 Å². The van der Waals surface area contributed by atoms with Crippen molar-refractivity contribution in [2.45, 2.75) is 6.61 Å². The third-order valence-electron chi connectivity index (χ3n) is 3.70. The second-order valence-corrected chi connectivity index (χ2v) is 5.60. The monoisotopic (exact) mass is 365 g/mol. The lowest BCUT2D eigenvalue weighted by Gasteiger charge is -2.06. The highest BCUT2D eigenvalue weighted by molar-refractivity contribution is 5.71. The highest BCUT2D eigenvalue weighted by Crippen LogP contribution is 2.17. The van der Waals surface area contributed by atoms with E-state index in [4.69, 9.17) is 4.74 Å². The molecule has 136 valence electrons. The molecule has 0 spiro atoms. The van der Waals surface area contributed by atoms with E-state index >= 15 is 0 Å². The molecule has 1 heterocycles. The van der Waals surface area contributed by atoms with Gasteiger partial charge < -0.3 is 9.72 Å².